The number of nitrogens with zero attached hydrogens (tertiary/aromatic N) is 1. The second-order valence-corrected chi connectivity index (χ2v) is 5.61. The summed E-state index contributed by atoms with van der Waals surface area (Å²) < 4.78 is 0. The molecule has 21 heavy (non-hydrogen) atoms. The Morgan fingerprint density at radius 1 is 1.19 bits per heavy atom. The first-order chi connectivity index (χ1) is 10.2. The third-order valence-corrected chi connectivity index (χ3v) is 3.62. The van der Waals surface area contributed by atoms with Gasteiger partial charge in [-0.1, -0.05) is 23.7 Å². The van der Waals surface area contributed by atoms with Crippen molar-refractivity contribution in [1.82, 2.24) is 4.98 Å². The van der Waals surface area contributed by atoms with Gasteiger partial charge < -0.3 is 10.6 Å². The van der Waals surface area contributed by atoms with Crippen LogP contribution in [0.1, 0.15) is 18.4 Å². The van der Waals surface area contributed by atoms with E-state index < -0.39 is 0 Å². The van der Waals surface area contributed by atoms with Crippen LogP contribution in [0.15, 0.2) is 42.6 Å². The molecule has 0 atom stereocenters. The molecule has 4 nitrogen and oxygen atoms in total. The molecule has 0 aliphatic heterocycles. The Bertz CT molecular complexity index is 621. The topological polar surface area (TPSA) is 54.0 Å². The van der Waals surface area contributed by atoms with Gasteiger partial charge in [-0.25, -0.2) is 4.98 Å². The first-order valence-electron chi connectivity index (χ1n) is 6.96. The lowest BCUT2D eigenvalue weighted by Crippen LogP contribution is -2.14. The minimum atomic E-state index is 0.0735. The highest BCUT2D eigenvalue weighted by atomic mass is 35.5. The van der Waals surface area contributed by atoms with Gasteiger partial charge in [-0.15, -0.1) is 0 Å². The van der Waals surface area contributed by atoms with Crippen LogP contribution in [0, 0.1) is 5.92 Å². The van der Waals surface area contributed by atoms with Gasteiger partial charge in [0.05, 0.1) is 11.9 Å². The Morgan fingerprint density at radius 2 is 1.95 bits per heavy atom. The molecule has 1 heterocycles. The van der Waals surface area contributed by atoms with Crippen molar-refractivity contribution in [3.63, 3.8) is 0 Å². The zero-order valence-corrected chi connectivity index (χ0v) is 12.2. The van der Waals surface area contributed by atoms with Crippen LogP contribution in [0.4, 0.5) is 11.5 Å². The number of halogens is 1. The fourth-order valence-electron chi connectivity index (χ4n) is 1.95. The highest BCUT2D eigenvalue weighted by molar-refractivity contribution is 6.30. The maximum atomic E-state index is 11.6. The molecule has 108 valence electrons. The van der Waals surface area contributed by atoms with Crippen LogP contribution in [-0.2, 0) is 11.3 Å². The van der Waals surface area contributed by atoms with Gasteiger partial charge in [0, 0.05) is 17.5 Å². The van der Waals surface area contributed by atoms with Crippen molar-refractivity contribution in [3.8, 4) is 0 Å². The summed E-state index contributed by atoms with van der Waals surface area (Å²) >= 11 is 5.85. The van der Waals surface area contributed by atoms with E-state index in [-0.39, 0.29) is 11.8 Å². The second-order valence-electron chi connectivity index (χ2n) is 5.18. The van der Waals surface area contributed by atoms with Gasteiger partial charge in [-0.3, -0.25) is 4.79 Å². The first-order valence-corrected chi connectivity index (χ1v) is 7.34. The largest absolute Gasteiger partial charge is 0.380 e. The molecule has 1 aliphatic carbocycles. The van der Waals surface area contributed by atoms with Crippen LogP contribution < -0.4 is 10.6 Å². The molecule has 0 radical (unpaired) electrons. The average Bonchev–Trinajstić information content (AvgIpc) is 3.33. The van der Waals surface area contributed by atoms with Crippen molar-refractivity contribution in [2.24, 2.45) is 5.92 Å². The number of carbonyl (C=O) groups excluding carboxylic acids is 1. The Kier molecular flexibility index (Phi) is 4.06. The van der Waals surface area contributed by atoms with E-state index in [9.17, 15) is 4.79 Å². The zero-order chi connectivity index (χ0) is 14.7. The summed E-state index contributed by atoms with van der Waals surface area (Å²) in [5.41, 5.74) is 2.06. The number of hydrogen-bond donors (Lipinski definition) is 2. The highest BCUT2D eigenvalue weighted by Gasteiger charge is 2.29. The first kappa shape index (κ1) is 13.9. The normalized spacial score (nSPS) is 13.8. The number of benzene rings is 1. The smallest absolute Gasteiger partial charge is 0.228 e. The van der Waals surface area contributed by atoms with Gasteiger partial charge >= 0.3 is 0 Å². The quantitative estimate of drug-likeness (QED) is 0.885. The molecule has 1 amide bonds. The minimum absolute atomic E-state index is 0.0735. The van der Waals surface area contributed by atoms with Crippen molar-refractivity contribution in [2.75, 3.05) is 10.6 Å². The number of carbonyl (C=O) groups is 1. The van der Waals surface area contributed by atoms with Crippen molar-refractivity contribution in [1.29, 1.82) is 0 Å². The van der Waals surface area contributed by atoms with Gasteiger partial charge in [0.25, 0.3) is 0 Å². The molecule has 0 spiro atoms. The second kappa shape index (κ2) is 6.14. The fourth-order valence-corrected chi connectivity index (χ4v) is 2.08. The van der Waals surface area contributed by atoms with E-state index in [0.717, 1.165) is 29.1 Å². The Labute approximate surface area is 128 Å². The molecule has 2 aromatic rings. The van der Waals surface area contributed by atoms with Crippen molar-refractivity contribution < 1.29 is 4.79 Å². The van der Waals surface area contributed by atoms with Crippen LogP contribution in [0.2, 0.25) is 5.02 Å². The van der Waals surface area contributed by atoms with Crippen molar-refractivity contribution in [3.05, 3.63) is 53.2 Å². The maximum Gasteiger partial charge on any atom is 0.228 e. The molecule has 1 saturated carbocycles. The fraction of sp³-hybridized carbons (Fsp3) is 0.250. The standard InChI is InChI=1S/C16H16ClN3O/c17-13-5-1-11(2-6-13)9-18-14-7-8-15(19-10-14)20-16(21)12-3-4-12/h1-2,5-8,10,12,18H,3-4,9H2,(H,19,20,21). The Balaban J connectivity index is 1.54. The molecular formula is C16H16ClN3O. The molecule has 1 aromatic carbocycles. The van der Waals surface area contributed by atoms with Gasteiger partial charge in [0.1, 0.15) is 5.82 Å². The predicted molar refractivity (Wildman–Crippen MR) is 84.4 cm³/mol. The Morgan fingerprint density at radius 3 is 2.57 bits per heavy atom. The lowest BCUT2D eigenvalue weighted by molar-refractivity contribution is -0.117. The van der Waals surface area contributed by atoms with Crippen molar-refractivity contribution in [2.45, 2.75) is 19.4 Å². The average molecular weight is 302 g/mol. The molecule has 0 bridgehead atoms. The van der Waals surface area contributed by atoms with E-state index in [1.807, 2.05) is 36.4 Å². The Hall–Kier alpha value is -2.07. The number of rotatable bonds is 5. The molecule has 0 saturated heterocycles. The summed E-state index contributed by atoms with van der Waals surface area (Å²) in [6, 6.07) is 11.4. The van der Waals surface area contributed by atoms with E-state index >= 15 is 0 Å². The summed E-state index contributed by atoms with van der Waals surface area (Å²) in [5, 5.41) is 6.83. The van der Waals surface area contributed by atoms with E-state index in [0.29, 0.717) is 12.4 Å². The summed E-state index contributed by atoms with van der Waals surface area (Å²) in [5.74, 6) is 0.864. The molecule has 1 aromatic heterocycles. The van der Waals surface area contributed by atoms with Crippen LogP contribution in [0.5, 0.6) is 0 Å². The van der Waals surface area contributed by atoms with Gasteiger partial charge in [-0.05, 0) is 42.7 Å². The molecule has 0 unspecified atom stereocenters. The van der Waals surface area contributed by atoms with Gasteiger partial charge in [0.2, 0.25) is 5.91 Å². The molecular weight excluding hydrogens is 286 g/mol. The predicted octanol–water partition coefficient (Wildman–Crippen LogP) is 3.70. The van der Waals surface area contributed by atoms with Crippen LogP contribution in [-0.4, -0.2) is 10.9 Å². The monoisotopic (exact) mass is 301 g/mol. The summed E-state index contributed by atoms with van der Waals surface area (Å²) in [4.78, 5) is 15.9. The number of nitrogens with one attached hydrogen (secondary N) is 2. The number of aromatic nitrogens is 1. The maximum absolute atomic E-state index is 11.6. The van der Waals surface area contributed by atoms with Crippen LogP contribution in [0.3, 0.4) is 0 Å². The number of hydrogen-bond acceptors (Lipinski definition) is 3. The van der Waals surface area contributed by atoms with Crippen molar-refractivity contribution >= 4 is 29.0 Å². The van der Waals surface area contributed by atoms with E-state index in [1.165, 1.54) is 0 Å². The summed E-state index contributed by atoms with van der Waals surface area (Å²) in [6.07, 6.45) is 3.71. The van der Waals surface area contributed by atoms with E-state index in [1.54, 1.807) is 6.20 Å². The van der Waals surface area contributed by atoms with Crippen LogP contribution in [0.25, 0.3) is 0 Å². The van der Waals surface area contributed by atoms with E-state index in [4.69, 9.17) is 11.6 Å². The molecule has 2 N–H and O–H groups in total. The number of anilines is 2. The number of amides is 1. The zero-order valence-electron chi connectivity index (χ0n) is 11.5. The summed E-state index contributed by atoms with van der Waals surface area (Å²) in [7, 11) is 0. The molecule has 5 heteroatoms. The van der Waals surface area contributed by atoms with Crippen LogP contribution >= 0.6 is 11.6 Å². The van der Waals surface area contributed by atoms with Gasteiger partial charge in [0.15, 0.2) is 0 Å². The molecule has 1 aliphatic rings. The number of pyridine rings is 1. The third-order valence-electron chi connectivity index (χ3n) is 3.37. The molecule has 3 rings (SSSR count). The third kappa shape index (κ3) is 3.95. The SMILES string of the molecule is O=C(Nc1ccc(NCc2ccc(Cl)cc2)cn1)C1CC1. The minimum Gasteiger partial charge on any atom is -0.380 e. The lowest BCUT2D eigenvalue weighted by Gasteiger charge is -2.08. The molecule has 1 fully saturated rings. The summed E-state index contributed by atoms with van der Waals surface area (Å²) in [6.45, 7) is 0.701. The van der Waals surface area contributed by atoms with E-state index in [2.05, 4.69) is 15.6 Å². The lowest BCUT2D eigenvalue weighted by atomic mass is 10.2. The highest BCUT2D eigenvalue weighted by Crippen LogP contribution is 2.29. The van der Waals surface area contributed by atoms with Gasteiger partial charge in [-0.2, -0.15) is 0 Å².